The lowest BCUT2D eigenvalue weighted by atomic mass is 10.3. The predicted molar refractivity (Wildman–Crippen MR) is 92.8 cm³/mol. The number of tetrazole rings is 1. The number of thioether (sulfide) groups is 1. The highest BCUT2D eigenvalue weighted by molar-refractivity contribution is 9.11. The molecule has 2 heterocycles. The van der Waals surface area contributed by atoms with Crippen molar-refractivity contribution in [3.05, 3.63) is 45.1 Å². The lowest BCUT2D eigenvalue weighted by molar-refractivity contribution is 0.102. The number of methoxy groups -OCH3 is 1. The molecule has 0 saturated carbocycles. The van der Waals surface area contributed by atoms with Crippen molar-refractivity contribution in [3.63, 3.8) is 0 Å². The molecule has 118 valence electrons. The third kappa shape index (κ3) is 3.80. The molecule has 0 fully saturated rings. The first-order valence-electron chi connectivity index (χ1n) is 6.51. The fourth-order valence-electron chi connectivity index (χ4n) is 1.82. The van der Waals surface area contributed by atoms with Gasteiger partial charge >= 0.3 is 0 Å². The Morgan fingerprint density at radius 3 is 2.74 bits per heavy atom. The monoisotopic (exact) mass is 410 g/mol. The number of ketones is 1. The van der Waals surface area contributed by atoms with Gasteiger partial charge in [0.15, 0.2) is 5.78 Å². The highest BCUT2D eigenvalue weighted by atomic mass is 79.9. The van der Waals surface area contributed by atoms with E-state index in [1.807, 2.05) is 36.4 Å². The minimum atomic E-state index is 0.0509. The van der Waals surface area contributed by atoms with E-state index in [9.17, 15) is 4.79 Å². The molecule has 3 aromatic rings. The van der Waals surface area contributed by atoms with Gasteiger partial charge in [-0.25, -0.2) is 0 Å². The molecule has 0 saturated heterocycles. The molecule has 0 aliphatic heterocycles. The van der Waals surface area contributed by atoms with Gasteiger partial charge in [-0.05, 0) is 62.8 Å². The van der Waals surface area contributed by atoms with Crippen molar-refractivity contribution in [1.29, 1.82) is 0 Å². The Bertz CT molecular complexity index is 816. The Kier molecular flexibility index (Phi) is 5.09. The van der Waals surface area contributed by atoms with Crippen LogP contribution in [0.5, 0.6) is 5.75 Å². The Labute approximate surface area is 149 Å². The van der Waals surface area contributed by atoms with E-state index < -0.39 is 0 Å². The number of hydrogen-bond donors (Lipinski definition) is 0. The summed E-state index contributed by atoms with van der Waals surface area (Å²) in [7, 11) is 1.61. The second-order valence-electron chi connectivity index (χ2n) is 4.39. The normalized spacial score (nSPS) is 10.7. The van der Waals surface area contributed by atoms with Crippen molar-refractivity contribution >= 4 is 44.8 Å². The van der Waals surface area contributed by atoms with Crippen molar-refractivity contribution in [1.82, 2.24) is 20.2 Å². The molecule has 6 nitrogen and oxygen atoms in total. The van der Waals surface area contributed by atoms with Crippen LogP contribution in [0.1, 0.15) is 9.67 Å². The number of thiophene rings is 1. The van der Waals surface area contributed by atoms with Crippen molar-refractivity contribution in [2.24, 2.45) is 0 Å². The second kappa shape index (κ2) is 7.24. The zero-order valence-electron chi connectivity index (χ0n) is 12.0. The number of carbonyl (C=O) groups excluding carboxylic acids is 1. The topological polar surface area (TPSA) is 69.9 Å². The quantitative estimate of drug-likeness (QED) is 0.457. The van der Waals surface area contributed by atoms with Gasteiger partial charge in [-0.2, -0.15) is 4.68 Å². The molecule has 0 unspecified atom stereocenters. The van der Waals surface area contributed by atoms with Crippen LogP contribution in [0.25, 0.3) is 5.69 Å². The molecule has 0 radical (unpaired) electrons. The van der Waals surface area contributed by atoms with Gasteiger partial charge in [0, 0.05) is 0 Å². The van der Waals surface area contributed by atoms with Crippen LogP contribution in [-0.4, -0.2) is 38.9 Å². The first-order chi connectivity index (χ1) is 11.2. The zero-order chi connectivity index (χ0) is 16.2. The van der Waals surface area contributed by atoms with Crippen molar-refractivity contribution < 1.29 is 9.53 Å². The first-order valence-corrected chi connectivity index (χ1v) is 9.11. The Morgan fingerprint density at radius 2 is 2.09 bits per heavy atom. The molecule has 0 aliphatic rings. The highest BCUT2D eigenvalue weighted by Gasteiger charge is 2.14. The number of hydrogen-bond acceptors (Lipinski definition) is 7. The number of carbonyl (C=O) groups is 1. The Balaban J connectivity index is 1.72. The summed E-state index contributed by atoms with van der Waals surface area (Å²) in [6.45, 7) is 0. The molecule has 1 aromatic carbocycles. The molecular formula is C14H11BrN4O2S2. The summed E-state index contributed by atoms with van der Waals surface area (Å²) in [4.78, 5) is 12.9. The van der Waals surface area contributed by atoms with Crippen LogP contribution in [0.4, 0.5) is 0 Å². The van der Waals surface area contributed by atoms with Gasteiger partial charge in [0.05, 0.1) is 27.2 Å². The summed E-state index contributed by atoms with van der Waals surface area (Å²) in [6.07, 6.45) is 0. The van der Waals surface area contributed by atoms with Crippen LogP contribution in [0, 0.1) is 0 Å². The van der Waals surface area contributed by atoms with E-state index >= 15 is 0 Å². The molecule has 0 spiro atoms. The minimum Gasteiger partial charge on any atom is -0.497 e. The SMILES string of the molecule is COc1ccc(-n2nnnc2SCC(=O)c2ccc(Br)s2)cc1. The standard InChI is InChI=1S/C14H11BrN4O2S2/c1-21-10-4-2-9(3-5-10)19-14(16-17-18-19)22-8-11(20)12-6-7-13(15)23-12/h2-7H,8H2,1H3. The van der Waals surface area contributed by atoms with E-state index in [1.165, 1.54) is 23.1 Å². The molecule has 3 rings (SSSR count). The van der Waals surface area contributed by atoms with Gasteiger partial charge in [0.2, 0.25) is 5.16 Å². The molecule has 9 heteroatoms. The van der Waals surface area contributed by atoms with Crippen LogP contribution in [-0.2, 0) is 0 Å². The largest absolute Gasteiger partial charge is 0.497 e. The van der Waals surface area contributed by atoms with Crippen LogP contribution in [0.15, 0.2) is 45.3 Å². The first kappa shape index (κ1) is 16.2. The summed E-state index contributed by atoms with van der Waals surface area (Å²) in [5.74, 6) is 1.09. The van der Waals surface area contributed by atoms with Gasteiger partial charge in [0.25, 0.3) is 0 Å². The molecule has 2 aromatic heterocycles. The van der Waals surface area contributed by atoms with Gasteiger partial charge < -0.3 is 4.74 Å². The smallest absolute Gasteiger partial charge is 0.214 e. The lowest BCUT2D eigenvalue weighted by Gasteiger charge is -2.05. The van der Waals surface area contributed by atoms with Gasteiger partial charge in [0.1, 0.15) is 5.75 Å². The van der Waals surface area contributed by atoms with E-state index in [-0.39, 0.29) is 11.5 Å². The average Bonchev–Trinajstić information content (AvgIpc) is 3.21. The fraction of sp³-hybridized carbons (Fsp3) is 0.143. The summed E-state index contributed by atoms with van der Waals surface area (Å²) >= 11 is 6.08. The van der Waals surface area contributed by atoms with Gasteiger partial charge in [-0.1, -0.05) is 11.8 Å². The fourth-order valence-corrected chi connectivity index (χ4v) is 4.01. The summed E-state index contributed by atoms with van der Waals surface area (Å²) in [5.41, 5.74) is 0.810. The molecule has 23 heavy (non-hydrogen) atoms. The molecule has 0 N–H and O–H groups in total. The van der Waals surface area contributed by atoms with Gasteiger partial charge in [-0.3, -0.25) is 4.79 Å². The van der Waals surface area contributed by atoms with E-state index in [0.29, 0.717) is 10.0 Å². The van der Waals surface area contributed by atoms with E-state index in [2.05, 4.69) is 31.5 Å². The highest BCUT2D eigenvalue weighted by Crippen LogP contribution is 2.25. The Hall–Kier alpha value is -1.71. The number of aromatic nitrogens is 4. The molecule has 0 aliphatic carbocycles. The number of halogens is 1. The lowest BCUT2D eigenvalue weighted by Crippen LogP contribution is -2.03. The number of Topliss-reactive ketones (excluding diaryl/α,β-unsaturated/α-hetero) is 1. The number of rotatable bonds is 6. The second-order valence-corrected chi connectivity index (χ2v) is 7.79. The maximum Gasteiger partial charge on any atom is 0.214 e. The maximum atomic E-state index is 12.2. The van der Waals surface area contributed by atoms with Crippen LogP contribution in [0.3, 0.4) is 0 Å². The molecular weight excluding hydrogens is 400 g/mol. The summed E-state index contributed by atoms with van der Waals surface area (Å²) < 4.78 is 7.67. The van der Waals surface area contributed by atoms with Crippen molar-refractivity contribution in [2.75, 3.05) is 12.9 Å². The van der Waals surface area contributed by atoms with Crippen LogP contribution < -0.4 is 4.74 Å². The predicted octanol–water partition coefficient (Wildman–Crippen LogP) is 3.47. The minimum absolute atomic E-state index is 0.0509. The third-order valence-corrected chi connectivity index (χ3v) is 5.52. The molecule has 0 atom stereocenters. The molecule has 0 bridgehead atoms. The zero-order valence-corrected chi connectivity index (χ0v) is 15.2. The number of nitrogens with zero attached hydrogens (tertiary/aromatic N) is 4. The Morgan fingerprint density at radius 1 is 1.30 bits per heavy atom. The third-order valence-electron chi connectivity index (χ3n) is 2.94. The average molecular weight is 411 g/mol. The van der Waals surface area contributed by atoms with Crippen molar-refractivity contribution in [2.45, 2.75) is 5.16 Å². The maximum absolute atomic E-state index is 12.2. The molecule has 0 amide bonds. The number of ether oxygens (including phenoxy) is 1. The van der Waals surface area contributed by atoms with E-state index in [1.54, 1.807) is 11.8 Å². The van der Waals surface area contributed by atoms with Crippen molar-refractivity contribution in [3.8, 4) is 11.4 Å². The van der Waals surface area contributed by atoms with E-state index in [0.717, 1.165) is 15.2 Å². The summed E-state index contributed by atoms with van der Waals surface area (Å²) in [5, 5.41) is 12.2. The van der Waals surface area contributed by atoms with Gasteiger partial charge in [-0.15, -0.1) is 16.4 Å². The van der Waals surface area contributed by atoms with E-state index in [4.69, 9.17) is 4.74 Å². The van der Waals surface area contributed by atoms with Crippen LogP contribution >= 0.6 is 39.0 Å². The summed E-state index contributed by atoms with van der Waals surface area (Å²) in [6, 6.07) is 11.1. The number of benzene rings is 1. The van der Waals surface area contributed by atoms with Crippen LogP contribution in [0.2, 0.25) is 0 Å².